The minimum absolute atomic E-state index is 0.0987. The Morgan fingerprint density at radius 1 is 1.25 bits per heavy atom. The monoisotopic (exact) mass is 454 g/mol. The Kier molecular flexibility index (Phi) is 5.62. The number of fused-ring (bicyclic) bond motifs is 1. The van der Waals surface area contributed by atoms with Crippen molar-refractivity contribution in [3.8, 4) is 5.75 Å². The minimum Gasteiger partial charge on any atom is -0.493 e. The number of imidazole rings is 1. The molecule has 0 saturated carbocycles. The van der Waals surface area contributed by atoms with E-state index in [0.29, 0.717) is 17.5 Å². The standard InChI is InChI=1S/C17H15IN2O3S/c18-12-6-7-14-15(10-12)20(11-16(21)22)17(19-14)24-9-8-23-13-4-2-1-3-5-13/h1-7,10H,8-9,11H2,(H,21,22). The summed E-state index contributed by atoms with van der Waals surface area (Å²) in [6.07, 6.45) is 0. The highest BCUT2D eigenvalue weighted by Crippen LogP contribution is 2.25. The van der Waals surface area contributed by atoms with Crippen LogP contribution in [0.1, 0.15) is 0 Å². The third-order valence-corrected chi connectivity index (χ3v) is 4.91. The van der Waals surface area contributed by atoms with E-state index >= 15 is 0 Å². The van der Waals surface area contributed by atoms with Gasteiger partial charge in [0.05, 0.1) is 17.6 Å². The number of carboxylic acids is 1. The molecule has 0 radical (unpaired) electrons. The minimum atomic E-state index is -0.879. The number of aromatic nitrogens is 2. The predicted molar refractivity (Wildman–Crippen MR) is 103 cm³/mol. The first kappa shape index (κ1) is 17.1. The molecule has 3 rings (SSSR count). The summed E-state index contributed by atoms with van der Waals surface area (Å²) in [7, 11) is 0. The topological polar surface area (TPSA) is 64.3 Å². The first-order valence-electron chi connectivity index (χ1n) is 7.32. The maximum absolute atomic E-state index is 11.2. The van der Waals surface area contributed by atoms with E-state index < -0.39 is 5.97 Å². The first-order valence-corrected chi connectivity index (χ1v) is 9.38. The average Bonchev–Trinajstić information content (AvgIpc) is 2.89. The van der Waals surface area contributed by atoms with Gasteiger partial charge in [-0.15, -0.1) is 0 Å². The Bertz CT molecular complexity index is 852. The van der Waals surface area contributed by atoms with Gasteiger partial charge in [0.1, 0.15) is 12.3 Å². The van der Waals surface area contributed by atoms with E-state index in [1.807, 2.05) is 48.5 Å². The van der Waals surface area contributed by atoms with Crippen molar-refractivity contribution in [1.29, 1.82) is 0 Å². The van der Waals surface area contributed by atoms with Gasteiger partial charge < -0.3 is 14.4 Å². The molecule has 1 heterocycles. The molecular formula is C17H15IN2O3S. The lowest BCUT2D eigenvalue weighted by atomic mass is 10.3. The number of ether oxygens (including phenoxy) is 1. The van der Waals surface area contributed by atoms with Gasteiger partial charge in [-0.2, -0.15) is 0 Å². The highest BCUT2D eigenvalue weighted by molar-refractivity contribution is 14.1. The quantitative estimate of drug-likeness (QED) is 0.334. The van der Waals surface area contributed by atoms with Gasteiger partial charge >= 0.3 is 5.97 Å². The van der Waals surface area contributed by atoms with E-state index in [9.17, 15) is 9.90 Å². The van der Waals surface area contributed by atoms with E-state index in [1.165, 1.54) is 11.8 Å². The van der Waals surface area contributed by atoms with Gasteiger partial charge in [0.15, 0.2) is 5.16 Å². The molecule has 1 aromatic heterocycles. The number of aliphatic carboxylic acids is 1. The second-order valence-electron chi connectivity index (χ2n) is 5.02. The Hall–Kier alpha value is -1.74. The van der Waals surface area contributed by atoms with Crippen LogP contribution in [0.5, 0.6) is 5.75 Å². The number of nitrogens with zero attached hydrogens (tertiary/aromatic N) is 2. The zero-order chi connectivity index (χ0) is 16.9. The molecule has 0 fully saturated rings. The third-order valence-electron chi connectivity index (χ3n) is 3.30. The molecular weight excluding hydrogens is 439 g/mol. The summed E-state index contributed by atoms with van der Waals surface area (Å²) in [5.74, 6) is 0.636. The van der Waals surface area contributed by atoms with Crippen molar-refractivity contribution < 1.29 is 14.6 Å². The van der Waals surface area contributed by atoms with Crippen LogP contribution < -0.4 is 4.74 Å². The summed E-state index contributed by atoms with van der Waals surface area (Å²) in [4.78, 5) is 15.7. The average molecular weight is 454 g/mol. The van der Waals surface area contributed by atoms with Crippen LogP contribution in [0.4, 0.5) is 0 Å². The largest absolute Gasteiger partial charge is 0.493 e. The molecule has 7 heteroatoms. The molecule has 0 saturated heterocycles. The molecule has 0 spiro atoms. The van der Waals surface area contributed by atoms with Crippen molar-refractivity contribution >= 4 is 51.4 Å². The van der Waals surface area contributed by atoms with Crippen molar-refractivity contribution in [3.05, 3.63) is 52.1 Å². The summed E-state index contributed by atoms with van der Waals surface area (Å²) < 4.78 is 8.46. The van der Waals surface area contributed by atoms with Crippen molar-refractivity contribution in [3.63, 3.8) is 0 Å². The van der Waals surface area contributed by atoms with Crippen LogP contribution in [0, 0.1) is 3.57 Å². The SMILES string of the molecule is O=C(O)Cn1c(SCCOc2ccccc2)nc2ccc(I)cc21. The van der Waals surface area contributed by atoms with Crippen LogP contribution >= 0.6 is 34.4 Å². The van der Waals surface area contributed by atoms with E-state index in [-0.39, 0.29) is 6.54 Å². The molecule has 0 atom stereocenters. The molecule has 0 aliphatic rings. The van der Waals surface area contributed by atoms with Gasteiger partial charge in [-0.05, 0) is 52.9 Å². The predicted octanol–water partition coefficient (Wildman–Crippen LogP) is 3.90. The molecule has 1 N–H and O–H groups in total. The number of benzene rings is 2. The van der Waals surface area contributed by atoms with Crippen LogP contribution in [0.2, 0.25) is 0 Å². The molecule has 124 valence electrons. The Balaban J connectivity index is 1.72. The van der Waals surface area contributed by atoms with Gasteiger partial charge in [0.25, 0.3) is 0 Å². The second kappa shape index (κ2) is 7.89. The molecule has 0 aliphatic carbocycles. The molecule has 0 bridgehead atoms. The Morgan fingerprint density at radius 2 is 2.04 bits per heavy atom. The van der Waals surface area contributed by atoms with E-state index in [0.717, 1.165) is 20.4 Å². The fourth-order valence-electron chi connectivity index (χ4n) is 2.28. The van der Waals surface area contributed by atoms with E-state index in [1.54, 1.807) is 4.57 Å². The van der Waals surface area contributed by atoms with Crippen LogP contribution in [-0.4, -0.2) is 33.0 Å². The van der Waals surface area contributed by atoms with Crippen LogP contribution in [0.15, 0.2) is 53.7 Å². The summed E-state index contributed by atoms with van der Waals surface area (Å²) in [5.41, 5.74) is 1.65. The molecule has 3 aromatic rings. The smallest absolute Gasteiger partial charge is 0.323 e. The van der Waals surface area contributed by atoms with Crippen molar-refractivity contribution in [2.75, 3.05) is 12.4 Å². The zero-order valence-electron chi connectivity index (χ0n) is 12.7. The number of thioether (sulfide) groups is 1. The highest BCUT2D eigenvalue weighted by Gasteiger charge is 2.14. The van der Waals surface area contributed by atoms with Crippen molar-refractivity contribution in [2.24, 2.45) is 0 Å². The number of halogens is 1. The number of hydrogen-bond acceptors (Lipinski definition) is 4. The van der Waals surface area contributed by atoms with E-state index in [4.69, 9.17) is 4.74 Å². The maximum atomic E-state index is 11.2. The summed E-state index contributed by atoms with van der Waals surface area (Å²) in [6, 6.07) is 15.5. The van der Waals surface area contributed by atoms with Crippen molar-refractivity contribution in [1.82, 2.24) is 9.55 Å². The van der Waals surface area contributed by atoms with Crippen molar-refractivity contribution in [2.45, 2.75) is 11.7 Å². The van der Waals surface area contributed by atoms with Gasteiger partial charge in [-0.25, -0.2) is 4.98 Å². The molecule has 5 nitrogen and oxygen atoms in total. The van der Waals surface area contributed by atoms with E-state index in [2.05, 4.69) is 27.6 Å². The lowest BCUT2D eigenvalue weighted by molar-refractivity contribution is -0.137. The lowest BCUT2D eigenvalue weighted by Gasteiger charge is -2.07. The number of hydrogen-bond donors (Lipinski definition) is 1. The fourth-order valence-corrected chi connectivity index (χ4v) is 3.59. The highest BCUT2D eigenvalue weighted by atomic mass is 127. The van der Waals surface area contributed by atoms with Gasteiger partial charge in [0, 0.05) is 9.32 Å². The fraction of sp³-hybridized carbons (Fsp3) is 0.176. The second-order valence-corrected chi connectivity index (χ2v) is 7.32. The molecule has 0 aliphatic heterocycles. The Labute approximate surface area is 157 Å². The van der Waals surface area contributed by atoms with Crippen LogP contribution in [-0.2, 0) is 11.3 Å². The third kappa shape index (κ3) is 4.21. The van der Waals surface area contributed by atoms with Crippen LogP contribution in [0.25, 0.3) is 11.0 Å². The number of carboxylic acid groups (broad SMARTS) is 1. The van der Waals surface area contributed by atoms with Crippen LogP contribution in [0.3, 0.4) is 0 Å². The summed E-state index contributed by atoms with van der Waals surface area (Å²) in [5, 5.41) is 9.87. The summed E-state index contributed by atoms with van der Waals surface area (Å²) in [6.45, 7) is 0.432. The molecule has 0 unspecified atom stereocenters. The number of carbonyl (C=O) groups is 1. The molecule has 24 heavy (non-hydrogen) atoms. The Morgan fingerprint density at radius 3 is 2.79 bits per heavy atom. The number of rotatable bonds is 7. The number of para-hydroxylation sites is 1. The lowest BCUT2D eigenvalue weighted by Crippen LogP contribution is -2.10. The summed E-state index contributed by atoms with van der Waals surface area (Å²) >= 11 is 3.71. The maximum Gasteiger partial charge on any atom is 0.323 e. The van der Waals surface area contributed by atoms with Gasteiger partial charge in [-0.1, -0.05) is 30.0 Å². The first-order chi connectivity index (χ1) is 11.6. The molecule has 2 aromatic carbocycles. The van der Waals surface area contributed by atoms with Gasteiger partial charge in [-0.3, -0.25) is 4.79 Å². The molecule has 0 amide bonds. The normalized spacial score (nSPS) is 10.9. The zero-order valence-corrected chi connectivity index (χ0v) is 15.7. The van der Waals surface area contributed by atoms with Gasteiger partial charge in [0.2, 0.25) is 0 Å².